The zero-order valence-electron chi connectivity index (χ0n) is 16.0. The Kier molecular flexibility index (Phi) is 6.84. The van der Waals surface area contributed by atoms with Gasteiger partial charge in [0.05, 0.1) is 18.4 Å². The quantitative estimate of drug-likeness (QED) is 0.448. The number of hydrogen-bond acceptors (Lipinski definition) is 5. The Hall–Kier alpha value is -3.80. The van der Waals surface area contributed by atoms with Crippen LogP contribution >= 0.6 is 0 Å². The number of ether oxygens (including phenoxy) is 2. The summed E-state index contributed by atoms with van der Waals surface area (Å²) >= 11 is 0. The number of amides is 1. The van der Waals surface area contributed by atoms with Crippen molar-refractivity contribution in [2.75, 3.05) is 6.61 Å². The number of phenols is 1. The second-order valence-electron chi connectivity index (χ2n) is 6.13. The van der Waals surface area contributed by atoms with Crippen LogP contribution in [0, 0.1) is 0 Å². The summed E-state index contributed by atoms with van der Waals surface area (Å²) in [5.41, 5.74) is 4.35. The van der Waals surface area contributed by atoms with Crippen LogP contribution in [0.25, 0.3) is 0 Å². The fourth-order valence-electron chi connectivity index (χ4n) is 2.62. The van der Waals surface area contributed by atoms with Crippen LogP contribution in [0.4, 0.5) is 0 Å². The molecule has 0 radical (unpaired) electrons. The Morgan fingerprint density at radius 3 is 2.52 bits per heavy atom. The molecule has 0 saturated carbocycles. The molecule has 0 aliphatic heterocycles. The molecule has 3 aromatic carbocycles. The summed E-state index contributed by atoms with van der Waals surface area (Å²) < 4.78 is 11.5. The summed E-state index contributed by atoms with van der Waals surface area (Å²) in [6.45, 7) is 2.82. The normalized spacial score (nSPS) is 10.7. The van der Waals surface area contributed by atoms with Crippen LogP contribution in [0.1, 0.15) is 28.4 Å². The molecular formula is C23H22N2O4. The SMILES string of the molecule is CCOc1cc(C=NNC(=O)c2ccccc2O)ccc1OCc1ccccc1. The highest BCUT2D eigenvalue weighted by Gasteiger charge is 2.09. The Morgan fingerprint density at radius 1 is 1.00 bits per heavy atom. The van der Waals surface area contributed by atoms with E-state index in [9.17, 15) is 9.90 Å². The van der Waals surface area contributed by atoms with Crippen molar-refractivity contribution >= 4 is 12.1 Å². The molecule has 0 saturated heterocycles. The lowest BCUT2D eigenvalue weighted by atomic mass is 10.2. The highest BCUT2D eigenvalue weighted by molar-refractivity contribution is 5.97. The van der Waals surface area contributed by atoms with Gasteiger partial charge in [-0.25, -0.2) is 5.43 Å². The third kappa shape index (κ3) is 5.59. The number of carbonyl (C=O) groups is 1. The number of benzene rings is 3. The largest absolute Gasteiger partial charge is 0.507 e. The van der Waals surface area contributed by atoms with E-state index in [1.54, 1.807) is 24.3 Å². The third-order valence-corrected chi connectivity index (χ3v) is 4.03. The van der Waals surface area contributed by atoms with Crippen LogP contribution in [0.3, 0.4) is 0 Å². The number of para-hydroxylation sites is 1. The molecule has 2 N–H and O–H groups in total. The van der Waals surface area contributed by atoms with Crippen LogP contribution in [0.2, 0.25) is 0 Å². The lowest BCUT2D eigenvalue weighted by Gasteiger charge is -2.12. The smallest absolute Gasteiger partial charge is 0.275 e. The minimum absolute atomic E-state index is 0.0984. The van der Waals surface area contributed by atoms with Gasteiger partial charge in [0.2, 0.25) is 0 Å². The number of carbonyl (C=O) groups excluding carboxylic acids is 1. The fourth-order valence-corrected chi connectivity index (χ4v) is 2.62. The van der Waals surface area contributed by atoms with E-state index in [0.29, 0.717) is 24.7 Å². The first-order valence-electron chi connectivity index (χ1n) is 9.22. The Balaban J connectivity index is 1.66. The van der Waals surface area contributed by atoms with Crippen molar-refractivity contribution in [3.8, 4) is 17.2 Å². The van der Waals surface area contributed by atoms with E-state index in [2.05, 4.69) is 10.5 Å². The number of hydrogen-bond donors (Lipinski definition) is 2. The van der Waals surface area contributed by atoms with E-state index >= 15 is 0 Å². The molecule has 0 aliphatic carbocycles. The molecule has 0 heterocycles. The van der Waals surface area contributed by atoms with Gasteiger partial charge in [-0.1, -0.05) is 42.5 Å². The summed E-state index contributed by atoms with van der Waals surface area (Å²) in [6.07, 6.45) is 1.50. The van der Waals surface area contributed by atoms with Gasteiger partial charge in [-0.2, -0.15) is 5.10 Å². The number of nitrogens with zero attached hydrogens (tertiary/aromatic N) is 1. The van der Waals surface area contributed by atoms with Gasteiger partial charge in [0.15, 0.2) is 11.5 Å². The van der Waals surface area contributed by atoms with E-state index in [1.807, 2.05) is 43.3 Å². The van der Waals surface area contributed by atoms with E-state index < -0.39 is 5.91 Å². The van der Waals surface area contributed by atoms with Crippen molar-refractivity contribution in [2.24, 2.45) is 5.10 Å². The number of hydrazone groups is 1. The maximum absolute atomic E-state index is 12.1. The van der Waals surface area contributed by atoms with E-state index in [1.165, 1.54) is 18.3 Å². The van der Waals surface area contributed by atoms with Crippen LogP contribution in [-0.2, 0) is 6.61 Å². The van der Waals surface area contributed by atoms with Crippen LogP contribution < -0.4 is 14.9 Å². The first-order chi connectivity index (χ1) is 14.2. The predicted molar refractivity (Wildman–Crippen MR) is 112 cm³/mol. The van der Waals surface area contributed by atoms with Gasteiger partial charge in [0.1, 0.15) is 12.4 Å². The topological polar surface area (TPSA) is 80.2 Å². The monoisotopic (exact) mass is 390 g/mol. The second-order valence-corrected chi connectivity index (χ2v) is 6.13. The molecular weight excluding hydrogens is 368 g/mol. The van der Waals surface area contributed by atoms with Gasteiger partial charge in [-0.3, -0.25) is 4.79 Å². The van der Waals surface area contributed by atoms with Gasteiger partial charge in [0.25, 0.3) is 5.91 Å². The summed E-state index contributed by atoms with van der Waals surface area (Å²) in [5.74, 6) is 0.636. The molecule has 1 amide bonds. The molecule has 3 rings (SSSR count). The number of rotatable bonds is 8. The second kappa shape index (κ2) is 9.94. The fraction of sp³-hybridized carbons (Fsp3) is 0.130. The zero-order chi connectivity index (χ0) is 20.5. The van der Waals surface area contributed by atoms with Crippen LogP contribution in [-0.4, -0.2) is 23.8 Å². The lowest BCUT2D eigenvalue weighted by molar-refractivity contribution is 0.0952. The molecule has 0 fully saturated rings. The average molecular weight is 390 g/mol. The molecule has 0 aromatic heterocycles. The zero-order valence-corrected chi connectivity index (χ0v) is 16.0. The Bertz CT molecular complexity index is 987. The first-order valence-corrected chi connectivity index (χ1v) is 9.22. The number of aromatic hydroxyl groups is 1. The minimum atomic E-state index is -0.493. The third-order valence-electron chi connectivity index (χ3n) is 4.03. The van der Waals surface area contributed by atoms with Gasteiger partial charge in [0, 0.05) is 0 Å². The summed E-state index contributed by atoms with van der Waals surface area (Å²) in [5, 5.41) is 13.7. The molecule has 148 valence electrons. The summed E-state index contributed by atoms with van der Waals surface area (Å²) in [7, 11) is 0. The minimum Gasteiger partial charge on any atom is -0.507 e. The molecule has 0 atom stereocenters. The van der Waals surface area contributed by atoms with Gasteiger partial charge in [-0.15, -0.1) is 0 Å². The number of phenolic OH excluding ortho intramolecular Hbond substituents is 1. The van der Waals surface area contributed by atoms with Gasteiger partial charge < -0.3 is 14.6 Å². The van der Waals surface area contributed by atoms with Crippen LogP contribution in [0.5, 0.6) is 17.2 Å². The first kappa shape index (κ1) is 19.9. The van der Waals surface area contributed by atoms with Crippen molar-refractivity contribution in [1.82, 2.24) is 5.43 Å². The van der Waals surface area contributed by atoms with Crippen molar-refractivity contribution in [2.45, 2.75) is 13.5 Å². The van der Waals surface area contributed by atoms with Crippen molar-refractivity contribution in [3.63, 3.8) is 0 Å². The standard InChI is InChI=1S/C23H22N2O4/c1-2-28-22-14-18(12-13-21(22)29-16-17-8-4-3-5-9-17)15-24-25-23(27)19-10-6-7-11-20(19)26/h3-15,26H,2,16H2,1H3,(H,25,27). The molecule has 6 heteroatoms. The van der Waals surface area contributed by atoms with E-state index in [0.717, 1.165) is 11.1 Å². The van der Waals surface area contributed by atoms with Crippen molar-refractivity contribution in [3.05, 3.63) is 89.5 Å². The molecule has 0 spiro atoms. The Morgan fingerprint density at radius 2 is 1.76 bits per heavy atom. The summed E-state index contributed by atoms with van der Waals surface area (Å²) in [4.78, 5) is 12.1. The Labute approximate surface area is 169 Å². The summed E-state index contributed by atoms with van der Waals surface area (Å²) in [6, 6.07) is 21.6. The van der Waals surface area contributed by atoms with Crippen molar-refractivity contribution < 1.29 is 19.4 Å². The maximum Gasteiger partial charge on any atom is 0.275 e. The highest BCUT2D eigenvalue weighted by Crippen LogP contribution is 2.29. The molecule has 29 heavy (non-hydrogen) atoms. The van der Waals surface area contributed by atoms with Crippen LogP contribution in [0.15, 0.2) is 77.9 Å². The van der Waals surface area contributed by atoms with Gasteiger partial charge >= 0.3 is 0 Å². The highest BCUT2D eigenvalue weighted by atomic mass is 16.5. The number of nitrogens with one attached hydrogen (secondary N) is 1. The van der Waals surface area contributed by atoms with E-state index in [4.69, 9.17) is 9.47 Å². The molecule has 0 unspecified atom stereocenters. The van der Waals surface area contributed by atoms with Gasteiger partial charge in [-0.05, 0) is 48.4 Å². The van der Waals surface area contributed by atoms with Crippen molar-refractivity contribution in [1.29, 1.82) is 0 Å². The van der Waals surface area contributed by atoms with E-state index in [-0.39, 0.29) is 11.3 Å². The molecule has 3 aromatic rings. The lowest BCUT2D eigenvalue weighted by Crippen LogP contribution is -2.17. The maximum atomic E-state index is 12.1. The molecule has 0 aliphatic rings. The molecule has 6 nitrogen and oxygen atoms in total. The average Bonchev–Trinajstić information content (AvgIpc) is 2.74. The molecule has 0 bridgehead atoms. The predicted octanol–water partition coefficient (Wildman–Crippen LogP) is 4.13.